The van der Waals surface area contributed by atoms with Gasteiger partial charge in [-0.05, 0) is 31.9 Å². The molecule has 7 nitrogen and oxygen atoms in total. The number of fused-ring (bicyclic) bond motifs is 1. The molecule has 0 radical (unpaired) electrons. The van der Waals surface area contributed by atoms with E-state index in [1.807, 2.05) is 37.3 Å². The number of carbonyl (C=O) groups is 1. The first kappa shape index (κ1) is 22.8. The van der Waals surface area contributed by atoms with Crippen LogP contribution in [0.3, 0.4) is 0 Å². The number of rotatable bonds is 5. The lowest BCUT2D eigenvalue weighted by Gasteiger charge is -2.35. The molecular formula is C25H22F3N5O2. The molecule has 0 spiro atoms. The Morgan fingerprint density at radius 1 is 1.11 bits per heavy atom. The van der Waals surface area contributed by atoms with Crippen LogP contribution in [0.25, 0.3) is 16.9 Å². The summed E-state index contributed by atoms with van der Waals surface area (Å²) in [6.45, 7) is 2.51. The molecule has 0 unspecified atom stereocenters. The van der Waals surface area contributed by atoms with Crippen LogP contribution in [0, 0.1) is 0 Å². The second-order valence-electron chi connectivity index (χ2n) is 8.71. The van der Waals surface area contributed by atoms with Crippen LogP contribution >= 0.6 is 0 Å². The van der Waals surface area contributed by atoms with Crippen molar-refractivity contribution < 1.29 is 22.7 Å². The van der Waals surface area contributed by atoms with Crippen LogP contribution in [0.4, 0.5) is 13.2 Å². The van der Waals surface area contributed by atoms with Gasteiger partial charge in [-0.2, -0.15) is 18.3 Å². The molecule has 1 aromatic carbocycles. The summed E-state index contributed by atoms with van der Waals surface area (Å²) >= 11 is 0. The highest BCUT2D eigenvalue weighted by Crippen LogP contribution is 2.35. The first-order valence-electron chi connectivity index (χ1n) is 11.1. The molecule has 0 saturated carbocycles. The summed E-state index contributed by atoms with van der Waals surface area (Å²) in [5, 5.41) is 4.62. The third-order valence-electron chi connectivity index (χ3n) is 6.24. The Morgan fingerprint density at radius 2 is 1.91 bits per heavy atom. The molecule has 3 aromatic heterocycles. The second kappa shape index (κ2) is 8.68. The number of hydrogen-bond acceptors (Lipinski definition) is 5. The minimum atomic E-state index is -4.47. The average molecular weight is 481 g/mol. The van der Waals surface area contributed by atoms with E-state index in [1.54, 1.807) is 27.9 Å². The molecule has 35 heavy (non-hydrogen) atoms. The number of nitrogens with zero attached hydrogens (tertiary/aromatic N) is 5. The topological polar surface area (TPSA) is 72.6 Å². The van der Waals surface area contributed by atoms with Crippen LogP contribution < -0.4 is 4.74 Å². The van der Waals surface area contributed by atoms with Gasteiger partial charge in [-0.1, -0.05) is 30.3 Å². The van der Waals surface area contributed by atoms with Crippen molar-refractivity contribution in [2.24, 2.45) is 0 Å². The number of aromatic nitrogens is 4. The summed E-state index contributed by atoms with van der Waals surface area (Å²) in [5.74, 6) is -0.150. The van der Waals surface area contributed by atoms with Gasteiger partial charge in [0, 0.05) is 36.8 Å². The number of amides is 1. The first-order chi connectivity index (χ1) is 16.8. The van der Waals surface area contributed by atoms with Gasteiger partial charge in [0.1, 0.15) is 17.9 Å². The summed E-state index contributed by atoms with van der Waals surface area (Å²) in [6, 6.07) is 13.3. The number of likely N-dealkylation sites (tertiary alicyclic amines) is 1. The number of ether oxygens (including phenoxy) is 1. The molecule has 10 heteroatoms. The molecule has 1 amide bonds. The summed E-state index contributed by atoms with van der Waals surface area (Å²) < 4.78 is 45.8. The Labute approximate surface area is 199 Å². The second-order valence-corrected chi connectivity index (χ2v) is 8.71. The maximum Gasteiger partial charge on any atom is 0.417 e. The molecule has 4 heterocycles. The lowest BCUT2D eigenvalue weighted by atomic mass is 9.98. The highest BCUT2D eigenvalue weighted by atomic mass is 19.4. The fourth-order valence-corrected chi connectivity index (χ4v) is 4.40. The standard InChI is InChI=1S/C25H22F3N5O2/c1-24(16-35-19-10-9-18(15-30-19)25(26,27)28)11-5-13-32(24)23(34)20-21(17-7-3-2-4-8-17)31-33-14-6-12-29-22(20)33/h2-4,6-10,12,14-15H,5,11,13,16H2,1H3/t24-/m0/s1. The fourth-order valence-electron chi connectivity index (χ4n) is 4.40. The molecule has 1 saturated heterocycles. The van der Waals surface area contributed by atoms with Crippen LogP contribution in [0.2, 0.25) is 0 Å². The van der Waals surface area contributed by atoms with Gasteiger partial charge in [0.15, 0.2) is 5.65 Å². The number of halogens is 3. The largest absolute Gasteiger partial charge is 0.475 e. The third kappa shape index (κ3) is 4.31. The maximum atomic E-state index is 13.9. The van der Waals surface area contributed by atoms with E-state index in [0.29, 0.717) is 29.9 Å². The van der Waals surface area contributed by atoms with E-state index in [2.05, 4.69) is 15.1 Å². The Balaban J connectivity index is 1.43. The van der Waals surface area contributed by atoms with Crippen LogP contribution in [-0.2, 0) is 6.18 Å². The molecule has 0 N–H and O–H groups in total. The molecule has 1 aliphatic heterocycles. The van der Waals surface area contributed by atoms with Gasteiger partial charge in [0.25, 0.3) is 5.91 Å². The summed E-state index contributed by atoms with van der Waals surface area (Å²) in [4.78, 5) is 23.9. The summed E-state index contributed by atoms with van der Waals surface area (Å²) in [6.07, 6.45) is 1.07. The monoisotopic (exact) mass is 481 g/mol. The lowest BCUT2D eigenvalue weighted by Crippen LogP contribution is -2.49. The lowest BCUT2D eigenvalue weighted by molar-refractivity contribution is -0.137. The molecule has 1 aliphatic rings. The summed E-state index contributed by atoms with van der Waals surface area (Å²) in [7, 11) is 0. The number of pyridine rings is 1. The van der Waals surface area contributed by atoms with Gasteiger partial charge in [-0.25, -0.2) is 14.5 Å². The highest BCUT2D eigenvalue weighted by Gasteiger charge is 2.42. The average Bonchev–Trinajstić information content (AvgIpc) is 3.44. The molecule has 0 bridgehead atoms. The van der Waals surface area contributed by atoms with E-state index in [1.165, 1.54) is 6.07 Å². The van der Waals surface area contributed by atoms with E-state index in [0.717, 1.165) is 24.2 Å². The zero-order valence-corrected chi connectivity index (χ0v) is 18.9. The minimum Gasteiger partial charge on any atom is -0.475 e. The van der Waals surface area contributed by atoms with E-state index in [4.69, 9.17) is 4.74 Å². The van der Waals surface area contributed by atoms with Crippen molar-refractivity contribution >= 4 is 11.6 Å². The van der Waals surface area contributed by atoms with Crippen molar-refractivity contribution in [3.8, 4) is 17.1 Å². The van der Waals surface area contributed by atoms with E-state index in [9.17, 15) is 18.0 Å². The molecule has 180 valence electrons. The van der Waals surface area contributed by atoms with Crippen molar-refractivity contribution in [3.05, 3.63) is 78.2 Å². The normalized spacial score (nSPS) is 18.2. The zero-order valence-electron chi connectivity index (χ0n) is 18.9. The summed E-state index contributed by atoms with van der Waals surface area (Å²) in [5.41, 5.74) is 0.663. The smallest absolute Gasteiger partial charge is 0.417 e. The van der Waals surface area contributed by atoms with E-state index in [-0.39, 0.29) is 18.4 Å². The Hall–Kier alpha value is -3.95. The molecule has 1 atom stereocenters. The molecule has 4 aromatic rings. The number of carbonyl (C=O) groups excluding carboxylic acids is 1. The number of hydrogen-bond donors (Lipinski definition) is 0. The van der Waals surface area contributed by atoms with Crippen LogP contribution in [-0.4, -0.2) is 49.1 Å². The first-order valence-corrected chi connectivity index (χ1v) is 11.1. The van der Waals surface area contributed by atoms with E-state index >= 15 is 0 Å². The third-order valence-corrected chi connectivity index (χ3v) is 6.24. The van der Waals surface area contributed by atoms with Gasteiger partial charge in [0.2, 0.25) is 5.88 Å². The quantitative estimate of drug-likeness (QED) is 0.406. The maximum absolute atomic E-state index is 13.9. The van der Waals surface area contributed by atoms with E-state index < -0.39 is 17.3 Å². The fraction of sp³-hybridized carbons (Fsp3) is 0.280. The van der Waals surface area contributed by atoms with Gasteiger partial charge >= 0.3 is 6.18 Å². The highest BCUT2D eigenvalue weighted by molar-refractivity contribution is 6.06. The number of benzene rings is 1. The molecule has 0 aliphatic carbocycles. The van der Waals surface area contributed by atoms with Gasteiger partial charge in [0.05, 0.1) is 11.1 Å². The predicted octanol–water partition coefficient (Wildman–Crippen LogP) is 4.88. The van der Waals surface area contributed by atoms with Crippen molar-refractivity contribution in [2.75, 3.05) is 13.2 Å². The van der Waals surface area contributed by atoms with Crippen LogP contribution in [0.1, 0.15) is 35.7 Å². The van der Waals surface area contributed by atoms with Crippen molar-refractivity contribution in [2.45, 2.75) is 31.5 Å². The molecule has 5 rings (SSSR count). The molecule has 1 fully saturated rings. The van der Waals surface area contributed by atoms with Crippen molar-refractivity contribution in [3.63, 3.8) is 0 Å². The minimum absolute atomic E-state index is 0.0705. The van der Waals surface area contributed by atoms with Gasteiger partial charge < -0.3 is 9.64 Å². The molecular weight excluding hydrogens is 459 g/mol. The van der Waals surface area contributed by atoms with Crippen LogP contribution in [0.5, 0.6) is 5.88 Å². The predicted molar refractivity (Wildman–Crippen MR) is 122 cm³/mol. The van der Waals surface area contributed by atoms with Crippen molar-refractivity contribution in [1.82, 2.24) is 24.5 Å². The zero-order chi connectivity index (χ0) is 24.6. The SMILES string of the molecule is C[C@@]1(COc2ccc(C(F)(F)F)cn2)CCCN1C(=O)c1c(-c2ccccc2)nn2cccnc12. The van der Waals surface area contributed by atoms with Crippen molar-refractivity contribution in [1.29, 1.82) is 0 Å². The van der Waals surface area contributed by atoms with Gasteiger partial charge in [-0.15, -0.1) is 0 Å². The Kier molecular flexibility index (Phi) is 5.66. The van der Waals surface area contributed by atoms with Crippen LogP contribution in [0.15, 0.2) is 67.1 Å². The van der Waals surface area contributed by atoms with Gasteiger partial charge in [-0.3, -0.25) is 4.79 Å². The number of alkyl halides is 3. The Bertz CT molecular complexity index is 1360. The Morgan fingerprint density at radius 3 is 2.63 bits per heavy atom.